The van der Waals surface area contributed by atoms with Gasteiger partial charge in [0.15, 0.2) is 0 Å². The maximum absolute atomic E-state index is 5.80. The average molecular weight is 270 g/mol. The third-order valence-corrected chi connectivity index (χ3v) is 3.23. The predicted octanol–water partition coefficient (Wildman–Crippen LogP) is 4.04. The Morgan fingerprint density at radius 1 is 1.10 bits per heavy atom. The highest BCUT2D eigenvalue weighted by Gasteiger charge is 1.99. The highest BCUT2D eigenvalue weighted by molar-refractivity contribution is 5.36. The molecule has 0 radical (unpaired) electrons. The van der Waals surface area contributed by atoms with Crippen LogP contribution in [0.25, 0.3) is 0 Å². The number of aromatic nitrogens is 1. The van der Waals surface area contributed by atoms with E-state index in [9.17, 15) is 0 Å². The Kier molecular flexibility index (Phi) is 5.42. The second-order valence-corrected chi connectivity index (χ2v) is 4.84. The first kappa shape index (κ1) is 14.4. The molecule has 106 valence electrons. The number of pyridine rings is 1. The quantitative estimate of drug-likeness (QED) is 0.824. The van der Waals surface area contributed by atoms with E-state index in [4.69, 9.17) is 4.74 Å². The second kappa shape index (κ2) is 7.53. The number of unbranched alkanes of at least 4 members (excludes halogenated alkanes) is 1. The van der Waals surface area contributed by atoms with E-state index in [1.54, 1.807) is 6.20 Å². The van der Waals surface area contributed by atoms with Crippen molar-refractivity contribution in [3.05, 3.63) is 53.7 Å². The predicted molar refractivity (Wildman–Crippen MR) is 83.2 cm³/mol. The summed E-state index contributed by atoms with van der Waals surface area (Å²) >= 11 is 0. The minimum atomic E-state index is 0.561. The van der Waals surface area contributed by atoms with Gasteiger partial charge in [-0.05, 0) is 48.2 Å². The van der Waals surface area contributed by atoms with Crippen molar-refractivity contribution >= 4 is 5.82 Å². The van der Waals surface area contributed by atoms with Crippen molar-refractivity contribution in [2.45, 2.75) is 32.8 Å². The fourth-order valence-electron chi connectivity index (χ4n) is 2.00. The number of anilines is 1. The Morgan fingerprint density at radius 2 is 1.90 bits per heavy atom. The fourth-order valence-corrected chi connectivity index (χ4v) is 2.00. The molecule has 3 nitrogen and oxygen atoms in total. The molecule has 0 spiro atoms. The lowest BCUT2D eigenvalue weighted by Gasteiger charge is -2.08. The van der Waals surface area contributed by atoms with Crippen LogP contribution in [0.4, 0.5) is 5.82 Å². The molecule has 0 saturated heterocycles. The highest BCUT2D eigenvalue weighted by Crippen LogP contribution is 2.16. The van der Waals surface area contributed by atoms with Gasteiger partial charge in [-0.1, -0.05) is 25.5 Å². The van der Waals surface area contributed by atoms with Gasteiger partial charge in [0.1, 0.15) is 18.2 Å². The van der Waals surface area contributed by atoms with Gasteiger partial charge in [-0.2, -0.15) is 0 Å². The molecule has 0 aliphatic carbocycles. The molecule has 0 bridgehead atoms. The lowest BCUT2D eigenvalue weighted by molar-refractivity contribution is 0.306. The molecule has 0 unspecified atom stereocenters. The number of rotatable bonds is 7. The monoisotopic (exact) mass is 270 g/mol. The van der Waals surface area contributed by atoms with Gasteiger partial charge in [-0.15, -0.1) is 0 Å². The number of hydrogen-bond donors (Lipinski definition) is 1. The van der Waals surface area contributed by atoms with Crippen LogP contribution in [-0.4, -0.2) is 12.0 Å². The van der Waals surface area contributed by atoms with Gasteiger partial charge >= 0.3 is 0 Å². The van der Waals surface area contributed by atoms with Crippen molar-refractivity contribution in [1.29, 1.82) is 0 Å². The Morgan fingerprint density at radius 3 is 2.60 bits per heavy atom. The molecule has 0 aliphatic heterocycles. The van der Waals surface area contributed by atoms with Crippen LogP contribution >= 0.6 is 0 Å². The van der Waals surface area contributed by atoms with Gasteiger partial charge in [-0.3, -0.25) is 0 Å². The number of hydrogen-bond acceptors (Lipinski definition) is 3. The molecule has 20 heavy (non-hydrogen) atoms. The van der Waals surface area contributed by atoms with E-state index >= 15 is 0 Å². The van der Waals surface area contributed by atoms with Crippen LogP contribution in [-0.2, 0) is 13.0 Å². The van der Waals surface area contributed by atoms with Crippen LogP contribution in [0.15, 0.2) is 42.6 Å². The first-order chi connectivity index (χ1) is 9.81. The average Bonchev–Trinajstić information content (AvgIpc) is 2.52. The van der Waals surface area contributed by atoms with E-state index < -0.39 is 0 Å². The molecule has 2 rings (SSSR count). The summed E-state index contributed by atoms with van der Waals surface area (Å²) in [6.07, 6.45) is 5.41. The summed E-state index contributed by atoms with van der Waals surface area (Å²) in [5.74, 6) is 1.77. The minimum absolute atomic E-state index is 0.561. The summed E-state index contributed by atoms with van der Waals surface area (Å²) in [6.45, 7) is 2.77. The standard InChI is InChI=1S/C17H22N2O/c1-3-4-5-14-6-8-16(9-7-14)20-13-15-10-11-19-17(12-15)18-2/h6-12H,3-5,13H2,1-2H3,(H,18,19). The second-order valence-electron chi connectivity index (χ2n) is 4.84. The van der Waals surface area contributed by atoms with Gasteiger partial charge in [-0.25, -0.2) is 4.98 Å². The van der Waals surface area contributed by atoms with Gasteiger partial charge < -0.3 is 10.1 Å². The molecule has 0 saturated carbocycles. The van der Waals surface area contributed by atoms with Crippen molar-refractivity contribution < 1.29 is 4.74 Å². The molecule has 1 heterocycles. The van der Waals surface area contributed by atoms with Gasteiger partial charge in [0.05, 0.1) is 0 Å². The molecule has 3 heteroatoms. The van der Waals surface area contributed by atoms with Crippen LogP contribution in [0.5, 0.6) is 5.75 Å². The largest absolute Gasteiger partial charge is 0.489 e. The summed E-state index contributed by atoms with van der Waals surface area (Å²) in [5, 5.41) is 3.03. The van der Waals surface area contributed by atoms with E-state index in [1.807, 2.05) is 31.3 Å². The van der Waals surface area contributed by atoms with Crippen LogP contribution in [0, 0.1) is 0 Å². The van der Waals surface area contributed by atoms with Crippen molar-refractivity contribution in [2.75, 3.05) is 12.4 Å². The normalized spacial score (nSPS) is 10.3. The smallest absolute Gasteiger partial charge is 0.126 e. The maximum Gasteiger partial charge on any atom is 0.126 e. The Bertz CT molecular complexity index is 523. The zero-order chi connectivity index (χ0) is 14.2. The first-order valence-corrected chi connectivity index (χ1v) is 7.16. The fraction of sp³-hybridized carbons (Fsp3) is 0.353. The minimum Gasteiger partial charge on any atom is -0.489 e. The summed E-state index contributed by atoms with van der Waals surface area (Å²) in [7, 11) is 1.86. The van der Waals surface area contributed by atoms with E-state index in [-0.39, 0.29) is 0 Å². The van der Waals surface area contributed by atoms with E-state index in [0.29, 0.717) is 6.61 Å². The molecule has 0 aliphatic rings. The first-order valence-electron chi connectivity index (χ1n) is 7.16. The van der Waals surface area contributed by atoms with Crippen molar-refractivity contribution in [1.82, 2.24) is 4.98 Å². The molecule has 0 fully saturated rings. The van der Waals surface area contributed by atoms with Gasteiger partial charge in [0, 0.05) is 13.2 Å². The lowest BCUT2D eigenvalue weighted by Crippen LogP contribution is -1.98. The number of aryl methyl sites for hydroxylation is 1. The number of nitrogens with zero attached hydrogens (tertiary/aromatic N) is 1. The van der Waals surface area contributed by atoms with Crippen molar-refractivity contribution in [2.24, 2.45) is 0 Å². The third kappa shape index (κ3) is 4.26. The number of ether oxygens (including phenoxy) is 1. The zero-order valence-electron chi connectivity index (χ0n) is 12.2. The molecule has 2 aromatic rings. The Hall–Kier alpha value is -2.03. The Labute approximate surface area is 121 Å². The van der Waals surface area contributed by atoms with Crippen LogP contribution in [0.3, 0.4) is 0 Å². The van der Waals surface area contributed by atoms with Crippen LogP contribution in [0.2, 0.25) is 0 Å². The van der Waals surface area contributed by atoms with Gasteiger partial charge in [0.2, 0.25) is 0 Å². The SMILES string of the molecule is CCCCc1ccc(OCc2ccnc(NC)c2)cc1. The Balaban J connectivity index is 1.89. The number of nitrogens with one attached hydrogen (secondary N) is 1. The molecule has 0 amide bonds. The topological polar surface area (TPSA) is 34.1 Å². The summed E-state index contributed by atoms with van der Waals surface area (Å²) in [4.78, 5) is 4.19. The molecule has 1 aromatic carbocycles. The third-order valence-electron chi connectivity index (χ3n) is 3.23. The van der Waals surface area contributed by atoms with Crippen LogP contribution < -0.4 is 10.1 Å². The van der Waals surface area contributed by atoms with Crippen molar-refractivity contribution in [3.8, 4) is 5.75 Å². The molecule has 0 atom stereocenters. The zero-order valence-corrected chi connectivity index (χ0v) is 12.2. The molecule has 1 aromatic heterocycles. The van der Waals surface area contributed by atoms with Crippen molar-refractivity contribution in [3.63, 3.8) is 0 Å². The molecular weight excluding hydrogens is 248 g/mol. The summed E-state index contributed by atoms with van der Waals surface area (Å²) in [5.41, 5.74) is 2.49. The van der Waals surface area contributed by atoms with Gasteiger partial charge in [0.25, 0.3) is 0 Å². The van der Waals surface area contributed by atoms with E-state index in [0.717, 1.165) is 23.6 Å². The van der Waals surface area contributed by atoms with E-state index in [2.05, 4.69) is 29.4 Å². The molecule has 1 N–H and O–H groups in total. The summed E-state index contributed by atoms with van der Waals surface area (Å²) < 4.78 is 5.80. The highest BCUT2D eigenvalue weighted by atomic mass is 16.5. The lowest BCUT2D eigenvalue weighted by atomic mass is 10.1. The maximum atomic E-state index is 5.80. The number of benzene rings is 1. The summed E-state index contributed by atoms with van der Waals surface area (Å²) in [6, 6.07) is 12.4. The van der Waals surface area contributed by atoms with Crippen LogP contribution in [0.1, 0.15) is 30.9 Å². The molecular formula is C17H22N2O. The van der Waals surface area contributed by atoms with E-state index in [1.165, 1.54) is 18.4 Å².